The summed E-state index contributed by atoms with van der Waals surface area (Å²) in [6.07, 6.45) is -12.1. The SMILES string of the molecule is CCC(C)(CC(C)(CC(C)C(=O)OC(C)(C)C(C)(C)C)C(=O)OCC(C)(C)NCC(F)(F)F)C(=O)OC(CC(C)C)CC(C)(O)C(F)(F)F. The molecule has 0 saturated heterocycles. The van der Waals surface area contributed by atoms with E-state index in [2.05, 4.69) is 5.32 Å². The van der Waals surface area contributed by atoms with Gasteiger partial charge in [-0.25, -0.2) is 0 Å². The van der Waals surface area contributed by atoms with E-state index >= 15 is 0 Å². The Balaban J connectivity index is 6.58. The van der Waals surface area contributed by atoms with Gasteiger partial charge in [0, 0.05) is 17.4 Å². The summed E-state index contributed by atoms with van der Waals surface area (Å²) in [6, 6.07) is 0. The van der Waals surface area contributed by atoms with Crippen LogP contribution in [-0.4, -0.2) is 71.4 Å². The van der Waals surface area contributed by atoms with Gasteiger partial charge in [-0.15, -0.1) is 0 Å². The molecule has 0 aliphatic carbocycles. The number of ether oxygens (including phenoxy) is 3. The molecular weight excluding hydrogens is 660 g/mol. The molecule has 0 aromatic rings. The summed E-state index contributed by atoms with van der Waals surface area (Å²) in [6.45, 7) is 20.3. The number of halogens is 6. The van der Waals surface area contributed by atoms with Crippen molar-refractivity contribution in [3.8, 4) is 0 Å². The van der Waals surface area contributed by atoms with E-state index < -0.39 is 94.8 Å². The van der Waals surface area contributed by atoms with Crippen LogP contribution in [-0.2, 0) is 28.6 Å². The maximum Gasteiger partial charge on any atom is 0.417 e. The molecule has 49 heavy (non-hydrogen) atoms. The van der Waals surface area contributed by atoms with Crippen molar-refractivity contribution in [3.63, 3.8) is 0 Å². The first-order chi connectivity index (χ1) is 21.5. The molecule has 290 valence electrons. The lowest BCUT2D eigenvalue weighted by molar-refractivity contribution is -0.262. The fourth-order valence-corrected chi connectivity index (χ4v) is 5.06. The Morgan fingerprint density at radius 3 is 1.69 bits per heavy atom. The van der Waals surface area contributed by atoms with Crippen molar-refractivity contribution in [1.82, 2.24) is 5.32 Å². The first kappa shape index (κ1) is 46.9. The molecule has 14 heteroatoms. The zero-order valence-electron chi connectivity index (χ0n) is 31.8. The molecule has 0 spiro atoms. The molecule has 0 saturated carbocycles. The van der Waals surface area contributed by atoms with Crippen LogP contribution in [0.5, 0.6) is 0 Å². The minimum Gasteiger partial charge on any atom is -0.463 e. The quantitative estimate of drug-likeness (QED) is 0.0826. The highest BCUT2D eigenvalue weighted by Crippen LogP contribution is 2.45. The normalized spacial score (nSPS) is 18.5. The number of esters is 3. The van der Waals surface area contributed by atoms with Crippen LogP contribution in [0, 0.1) is 28.1 Å². The van der Waals surface area contributed by atoms with Crippen LogP contribution in [0.2, 0.25) is 0 Å². The van der Waals surface area contributed by atoms with Crippen LogP contribution in [0.4, 0.5) is 26.3 Å². The van der Waals surface area contributed by atoms with Gasteiger partial charge >= 0.3 is 30.3 Å². The standard InChI is InChI=1S/C35H61F6NO7/c1-15-31(12,27(45)48-24(16-22(2)3)18-33(14,46)35(39,40)41)19-32(13,17-23(4)25(43)49-30(10,11)28(5,6)7)26(44)47-21-29(8,9)42-20-34(36,37)38/h22-24,42,46H,15-21H2,1-14H3. The van der Waals surface area contributed by atoms with Crippen LogP contribution in [0.15, 0.2) is 0 Å². The Morgan fingerprint density at radius 1 is 0.776 bits per heavy atom. The van der Waals surface area contributed by atoms with E-state index in [0.29, 0.717) is 6.92 Å². The van der Waals surface area contributed by atoms with Crippen molar-refractivity contribution < 1.29 is 60.0 Å². The second-order valence-electron chi connectivity index (χ2n) is 17.0. The van der Waals surface area contributed by atoms with Gasteiger partial charge < -0.3 is 24.6 Å². The van der Waals surface area contributed by atoms with E-state index in [1.54, 1.807) is 41.5 Å². The summed E-state index contributed by atoms with van der Waals surface area (Å²) >= 11 is 0. The molecule has 2 N–H and O–H groups in total. The number of aliphatic hydroxyl groups is 1. The Bertz CT molecular complexity index is 1110. The predicted molar refractivity (Wildman–Crippen MR) is 174 cm³/mol. The molecular formula is C35H61F6NO7. The molecule has 0 heterocycles. The number of carbonyl (C=O) groups is 3. The van der Waals surface area contributed by atoms with Gasteiger partial charge in [-0.1, -0.05) is 48.5 Å². The lowest BCUT2D eigenvalue weighted by atomic mass is 9.68. The number of alkyl halides is 6. The van der Waals surface area contributed by atoms with Crippen LogP contribution >= 0.6 is 0 Å². The molecule has 0 radical (unpaired) electrons. The van der Waals surface area contributed by atoms with Gasteiger partial charge in [-0.3, -0.25) is 14.4 Å². The summed E-state index contributed by atoms with van der Waals surface area (Å²) < 4.78 is 96.3. The topological polar surface area (TPSA) is 111 Å². The highest BCUT2D eigenvalue weighted by molar-refractivity contribution is 5.82. The fourth-order valence-electron chi connectivity index (χ4n) is 5.06. The predicted octanol–water partition coefficient (Wildman–Crippen LogP) is 8.33. The molecule has 0 aromatic heterocycles. The lowest BCUT2D eigenvalue weighted by Gasteiger charge is -2.41. The molecule has 0 amide bonds. The highest BCUT2D eigenvalue weighted by atomic mass is 19.4. The third-order valence-corrected chi connectivity index (χ3v) is 9.44. The van der Waals surface area contributed by atoms with E-state index in [4.69, 9.17) is 14.2 Å². The van der Waals surface area contributed by atoms with Gasteiger partial charge in [0.25, 0.3) is 0 Å². The first-order valence-electron chi connectivity index (χ1n) is 16.7. The van der Waals surface area contributed by atoms with Gasteiger partial charge in [0.05, 0.1) is 23.3 Å². The largest absolute Gasteiger partial charge is 0.463 e. The van der Waals surface area contributed by atoms with Crippen molar-refractivity contribution in [2.75, 3.05) is 13.2 Å². The third kappa shape index (κ3) is 15.0. The molecule has 0 aliphatic heterocycles. The Kier molecular flexibility index (Phi) is 15.8. The lowest BCUT2D eigenvalue weighted by Crippen LogP contribution is -2.50. The second kappa shape index (κ2) is 16.5. The van der Waals surface area contributed by atoms with Gasteiger partial charge in [-0.2, -0.15) is 26.3 Å². The summed E-state index contributed by atoms with van der Waals surface area (Å²) in [5, 5.41) is 12.5. The van der Waals surface area contributed by atoms with Gasteiger partial charge in [0.15, 0.2) is 5.60 Å². The summed E-state index contributed by atoms with van der Waals surface area (Å²) in [5.74, 6) is -3.54. The van der Waals surface area contributed by atoms with Gasteiger partial charge in [0.2, 0.25) is 0 Å². The maximum atomic E-state index is 13.9. The van der Waals surface area contributed by atoms with E-state index in [-0.39, 0.29) is 31.6 Å². The van der Waals surface area contributed by atoms with Crippen molar-refractivity contribution in [3.05, 3.63) is 0 Å². The molecule has 0 bridgehead atoms. The van der Waals surface area contributed by atoms with E-state index in [0.717, 1.165) is 0 Å². The van der Waals surface area contributed by atoms with Crippen molar-refractivity contribution in [2.24, 2.45) is 28.1 Å². The number of hydrogen-bond donors (Lipinski definition) is 2. The molecule has 0 aromatic carbocycles. The zero-order chi connectivity index (χ0) is 39.2. The van der Waals surface area contributed by atoms with Crippen molar-refractivity contribution in [2.45, 2.75) is 164 Å². The highest BCUT2D eigenvalue weighted by Gasteiger charge is 2.53. The third-order valence-electron chi connectivity index (χ3n) is 9.44. The number of rotatable bonds is 18. The molecule has 0 rings (SSSR count). The number of nitrogens with one attached hydrogen (secondary N) is 1. The molecule has 8 nitrogen and oxygen atoms in total. The second-order valence-corrected chi connectivity index (χ2v) is 17.0. The Hall–Kier alpha value is -2.09. The molecule has 5 unspecified atom stereocenters. The van der Waals surface area contributed by atoms with Crippen molar-refractivity contribution in [1.29, 1.82) is 0 Å². The number of carbonyl (C=O) groups excluding carboxylic acids is 3. The number of hydrogen-bond acceptors (Lipinski definition) is 8. The van der Waals surface area contributed by atoms with E-state index in [1.807, 2.05) is 20.8 Å². The maximum absolute atomic E-state index is 13.9. The average Bonchev–Trinajstić information content (AvgIpc) is 2.87. The Morgan fingerprint density at radius 2 is 1.29 bits per heavy atom. The summed E-state index contributed by atoms with van der Waals surface area (Å²) in [5.41, 5.74) is -8.91. The van der Waals surface area contributed by atoms with E-state index in [1.165, 1.54) is 27.7 Å². The minimum atomic E-state index is -4.99. The average molecular weight is 722 g/mol. The zero-order valence-corrected chi connectivity index (χ0v) is 31.8. The van der Waals surface area contributed by atoms with Gasteiger partial charge in [0.1, 0.15) is 18.3 Å². The van der Waals surface area contributed by atoms with E-state index in [9.17, 15) is 45.8 Å². The minimum absolute atomic E-state index is 0.0174. The van der Waals surface area contributed by atoms with Crippen LogP contribution < -0.4 is 5.32 Å². The van der Waals surface area contributed by atoms with Crippen LogP contribution in [0.3, 0.4) is 0 Å². The molecule has 5 atom stereocenters. The monoisotopic (exact) mass is 721 g/mol. The molecule has 0 aliphatic rings. The van der Waals surface area contributed by atoms with Gasteiger partial charge in [-0.05, 0) is 80.1 Å². The first-order valence-corrected chi connectivity index (χ1v) is 16.7. The fraction of sp³-hybridized carbons (Fsp3) is 0.914. The summed E-state index contributed by atoms with van der Waals surface area (Å²) in [7, 11) is 0. The Labute approximate surface area is 288 Å². The molecule has 0 fully saturated rings. The van der Waals surface area contributed by atoms with Crippen LogP contribution in [0.1, 0.15) is 129 Å². The summed E-state index contributed by atoms with van der Waals surface area (Å²) in [4.78, 5) is 41.0. The van der Waals surface area contributed by atoms with Crippen LogP contribution in [0.25, 0.3) is 0 Å². The van der Waals surface area contributed by atoms with Crippen molar-refractivity contribution >= 4 is 17.9 Å². The smallest absolute Gasteiger partial charge is 0.417 e.